The zero-order valence-electron chi connectivity index (χ0n) is 11.0. The van der Waals surface area contributed by atoms with Crippen LogP contribution in [0.1, 0.15) is 30.0 Å². The van der Waals surface area contributed by atoms with Crippen molar-refractivity contribution in [3.05, 3.63) is 29.3 Å². The highest BCUT2D eigenvalue weighted by atomic mass is 16.5. The van der Waals surface area contributed by atoms with Crippen LogP contribution in [0.4, 0.5) is 0 Å². The van der Waals surface area contributed by atoms with Gasteiger partial charge in [0, 0.05) is 12.5 Å². The molecule has 0 spiro atoms. The van der Waals surface area contributed by atoms with Crippen LogP contribution in [-0.2, 0) is 6.42 Å². The molecule has 0 aromatic heterocycles. The molecule has 2 unspecified atom stereocenters. The quantitative estimate of drug-likeness (QED) is 0.854. The first kappa shape index (κ1) is 12.0. The van der Waals surface area contributed by atoms with Crippen molar-refractivity contribution in [3.63, 3.8) is 0 Å². The van der Waals surface area contributed by atoms with E-state index in [2.05, 4.69) is 35.9 Å². The van der Waals surface area contributed by atoms with Crippen LogP contribution >= 0.6 is 0 Å². The molecule has 3 nitrogen and oxygen atoms in total. The standard InChI is InChI=1S/C15H22N2O/c1-16-15(13-3-2-7-17-10-13)12-4-5-14-11(9-12)6-8-18-14/h4-5,9,13,15-17H,2-3,6-8,10H2,1H3. The van der Waals surface area contributed by atoms with E-state index in [0.717, 1.165) is 25.3 Å². The molecule has 0 saturated carbocycles. The Morgan fingerprint density at radius 3 is 3.17 bits per heavy atom. The molecule has 2 atom stereocenters. The summed E-state index contributed by atoms with van der Waals surface area (Å²) in [6, 6.07) is 7.15. The zero-order valence-corrected chi connectivity index (χ0v) is 11.0. The third-order valence-corrected chi connectivity index (χ3v) is 4.19. The molecule has 2 heterocycles. The molecule has 1 saturated heterocycles. The lowest BCUT2D eigenvalue weighted by Gasteiger charge is -2.31. The van der Waals surface area contributed by atoms with E-state index in [9.17, 15) is 0 Å². The fourth-order valence-corrected chi connectivity index (χ4v) is 3.24. The van der Waals surface area contributed by atoms with Gasteiger partial charge in [0.1, 0.15) is 5.75 Å². The van der Waals surface area contributed by atoms with E-state index < -0.39 is 0 Å². The van der Waals surface area contributed by atoms with Gasteiger partial charge in [0.2, 0.25) is 0 Å². The van der Waals surface area contributed by atoms with Crippen LogP contribution in [0.3, 0.4) is 0 Å². The number of piperidine rings is 1. The molecule has 18 heavy (non-hydrogen) atoms. The van der Waals surface area contributed by atoms with E-state index in [1.807, 2.05) is 0 Å². The molecule has 0 bridgehead atoms. The maximum atomic E-state index is 5.58. The molecule has 3 rings (SSSR count). The first-order valence-electron chi connectivity index (χ1n) is 7.02. The third kappa shape index (κ3) is 2.25. The van der Waals surface area contributed by atoms with Gasteiger partial charge >= 0.3 is 0 Å². The van der Waals surface area contributed by atoms with Crippen LogP contribution in [0.25, 0.3) is 0 Å². The van der Waals surface area contributed by atoms with Gasteiger partial charge in [0.05, 0.1) is 6.61 Å². The Hall–Kier alpha value is -1.06. The molecule has 1 aromatic carbocycles. The second-order valence-corrected chi connectivity index (χ2v) is 5.34. The Bertz CT molecular complexity index is 413. The maximum absolute atomic E-state index is 5.58. The second kappa shape index (κ2) is 5.29. The minimum atomic E-state index is 0.462. The molecule has 0 amide bonds. The summed E-state index contributed by atoms with van der Waals surface area (Å²) in [5.41, 5.74) is 2.78. The Morgan fingerprint density at radius 1 is 1.44 bits per heavy atom. The summed E-state index contributed by atoms with van der Waals surface area (Å²) in [5, 5.41) is 7.01. The third-order valence-electron chi connectivity index (χ3n) is 4.19. The van der Waals surface area contributed by atoms with Crippen molar-refractivity contribution in [1.82, 2.24) is 10.6 Å². The van der Waals surface area contributed by atoms with Crippen LogP contribution in [0, 0.1) is 5.92 Å². The highest BCUT2D eigenvalue weighted by Crippen LogP contribution is 2.32. The number of ether oxygens (including phenoxy) is 1. The SMILES string of the molecule is CNC(c1ccc2c(c1)CCO2)C1CCCNC1. The van der Waals surface area contributed by atoms with Crippen LogP contribution in [0.5, 0.6) is 5.75 Å². The highest BCUT2D eigenvalue weighted by Gasteiger charge is 2.24. The van der Waals surface area contributed by atoms with Crippen LogP contribution < -0.4 is 15.4 Å². The number of benzene rings is 1. The van der Waals surface area contributed by atoms with Gasteiger partial charge in [0.25, 0.3) is 0 Å². The Morgan fingerprint density at radius 2 is 2.39 bits per heavy atom. The molecule has 0 radical (unpaired) electrons. The van der Waals surface area contributed by atoms with Crippen LogP contribution in [-0.4, -0.2) is 26.7 Å². The molecular weight excluding hydrogens is 224 g/mol. The fourth-order valence-electron chi connectivity index (χ4n) is 3.24. The van der Waals surface area contributed by atoms with Crippen molar-refractivity contribution < 1.29 is 4.74 Å². The van der Waals surface area contributed by atoms with Gasteiger partial charge in [-0.25, -0.2) is 0 Å². The topological polar surface area (TPSA) is 33.3 Å². The Labute approximate surface area is 109 Å². The monoisotopic (exact) mass is 246 g/mol. The van der Waals surface area contributed by atoms with E-state index in [1.165, 1.54) is 30.5 Å². The average molecular weight is 246 g/mol. The predicted molar refractivity (Wildman–Crippen MR) is 73.0 cm³/mol. The minimum absolute atomic E-state index is 0.462. The van der Waals surface area contributed by atoms with E-state index in [4.69, 9.17) is 4.74 Å². The van der Waals surface area contributed by atoms with Crippen molar-refractivity contribution in [1.29, 1.82) is 0 Å². The number of rotatable bonds is 3. The van der Waals surface area contributed by atoms with E-state index in [-0.39, 0.29) is 0 Å². The van der Waals surface area contributed by atoms with Crippen molar-refractivity contribution in [3.8, 4) is 5.75 Å². The summed E-state index contributed by atoms with van der Waals surface area (Å²) in [7, 11) is 2.07. The molecule has 2 aliphatic rings. The molecule has 2 aliphatic heterocycles. The van der Waals surface area contributed by atoms with Gasteiger partial charge in [-0.15, -0.1) is 0 Å². The summed E-state index contributed by atoms with van der Waals surface area (Å²) in [4.78, 5) is 0. The van der Waals surface area contributed by atoms with Crippen molar-refractivity contribution in [2.75, 3.05) is 26.7 Å². The zero-order chi connectivity index (χ0) is 12.4. The highest BCUT2D eigenvalue weighted by molar-refractivity contribution is 5.41. The lowest BCUT2D eigenvalue weighted by Crippen LogP contribution is -2.37. The largest absolute Gasteiger partial charge is 0.493 e. The fraction of sp³-hybridized carbons (Fsp3) is 0.600. The van der Waals surface area contributed by atoms with Gasteiger partial charge in [-0.1, -0.05) is 12.1 Å². The van der Waals surface area contributed by atoms with E-state index in [1.54, 1.807) is 0 Å². The number of hydrogen-bond donors (Lipinski definition) is 2. The second-order valence-electron chi connectivity index (χ2n) is 5.34. The van der Waals surface area contributed by atoms with Crippen molar-refractivity contribution >= 4 is 0 Å². The summed E-state index contributed by atoms with van der Waals surface area (Å²) in [5.74, 6) is 1.78. The normalized spacial score (nSPS) is 24.4. The van der Waals surface area contributed by atoms with Crippen molar-refractivity contribution in [2.24, 2.45) is 5.92 Å². The number of fused-ring (bicyclic) bond motifs is 1. The Balaban J connectivity index is 1.82. The molecule has 0 aliphatic carbocycles. The molecule has 2 N–H and O–H groups in total. The lowest BCUT2D eigenvalue weighted by molar-refractivity contribution is 0.298. The predicted octanol–water partition coefficient (Wildman–Crippen LogP) is 1.88. The van der Waals surface area contributed by atoms with Gasteiger partial charge in [-0.2, -0.15) is 0 Å². The van der Waals surface area contributed by atoms with Gasteiger partial charge in [-0.3, -0.25) is 0 Å². The van der Waals surface area contributed by atoms with Crippen molar-refractivity contribution in [2.45, 2.75) is 25.3 Å². The molecule has 98 valence electrons. The average Bonchev–Trinajstić information content (AvgIpc) is 2.88. The molecule has 1 aromatic rings. The number of hydrogen-bond acceptors (Lipinski definition) is 3. The number of nitrogens with one attached hydrogen (secondary N) is 2. The van der Waals surface area contributed by atoms with E-state index in [0.29, 0.717) is 12.0 Å². The van der Waals surface area contributed by atoms with Crippen LogP contribution in [0.2, 0.25) is 0 Å². The minimum Gasteiger partial charge on any atom is -0.493 e. The lowest BCUT2D eigenvalue weighted by atomic mass is 9.86. The first-order chi connectivity index (χ1) is 8.88. The van der Waals surface area contributed by atoms with Crippen LogP contribution in [0.15, 0.2) is 18.2 Å². The summed E-state index contributed by atoms with van der Waals surface area (Å²) in [6.45, 7) is 3.14. The van der Waals surface area contributed by atoms with Gasteiger partial charge in [0.15, 0.2) is 0 Å². The maximum Gasteiger partial charge on any atom is 0.122 e. The van der Waals surface area contributed by atoms with E-state index >= 15 is 0 Å². The smallest absolute Gasteiger partial charge is 0.122 e. The summed E-state index contributed by atoms with van der Waals surface area (Å²) < 4.78 is 5.58. The molecule has 1 fully saturated rings. The summed E-state index contributed by atoms with van der Waals surface area (Å²) in [6.07, 6.45) is 3.66. The molecule has 3 heteroatoms. The summed E-state index contributed by atoms with van der Waals surface area (Å²) >= 11 is 0. The molecular formula is C15H22N2O. The first-order valence-corrected chi connectivity index (χ1v) is 7.02. The van der Waals surface area contributed by atoms with Gasteiger partial charge in [-0.05, 0) is 56.1 Å². The van der Waals surface area contributed by atoms with Gasteiger partial charge < -0.3 is 15.4 Å². The Kier molecular flexibility index (Phi) is 3.52.